The van der Waals surface area contributed by atoms with Crippen LogP contribution in [0.3, 0.4) is 0 Å². The fourth-order valence-corrected chi connectivity index (χ4v) is 4.05. The van der Waals surface area contributed by atoms with Gasteiger partial charge in [0.05, 0.1) is 6.61 Å². The molecule has 1 aliphatic rings. The van der Waals surface area contributed by atoms with E-state index in [4.69, 9.17) is 11.6 Å². The van der Waals surface area contributed by atoms with Gasteiger partial charge in [0.25, 0.3) is 0 Å². The highest BCUT2D eigenvalue weighted by Crippen LogP contribution is 2.35. The highest BCUT2D eigenvalue weighted by Gasteiger charge is 2.35. The quantitative estimate of drug-likeness (QED) is 0.866. The molecule has 1 N–H and O–H groups in total. The minimum absolute atomic E-state index is 0.0500. The minimum atomic E-state index is -0.0500. The van der Waals surface area contributed by atoms with Crippen LogP contribution in [0.15, 0.2) is 48.5 Å². The van der Waals surface area contributed by atoms with Gasteiger partial charge in [0, 0.05) is 23.5 Å². The molecule has 3 rings (SSSR count). The Hall–Kier alpha value is -1.35. The van der Waals surface area contributed by atoms with Crippen LogP contribution in [-0.2, 0) is 13.0 Å². The smallest absolute Gasteiger partial charge is 0.0502 e. The summed E-state index contributed by atoms with van der Waals surface area (Å²) in [7, 11) is 0. The third-order valence-electron chi connectivity index (χ3n) is 5.25. The lowest BCUT2D eigenvalue weighted by Crippen LogP contribution is -2.46. The van der Waals surface area contributed by atoms with E-state index in [0.717, 1.165) is 43.9 Å². The van der Waals surface area contributed by atoms with Crippen LogP contribution in [0.4, 0.5) is 0 Å². The molecular formula is C21H26ClNO. The van der Waals surface area contributed by atoms with E-state index in [2.05, 4.69) is 42.2 Å². The molecule has 3 heteroatoms. The Morgan fingerprint density at radius 2 is 1.79 bits per heavy atom. The minimum Gasteiger partial charge on any atom is -0.396 e. The third kappa shape index (κ3) is 4.00. The lowest BCUT2D eigenvalue weighted by Gasteiger charge is -2.42. The van der Waals surface area contributed by atoms with Crippen LogP contribution in [-0.4, -0.2) is 29.7 Å². The highest BCUT2D eigenvalue weighted by molar-refractivity contribution is 6.31. The van der Waals surface area contributed by atoms with E-state index in [9.17, 15) is 5.11 Å². The summed E-state index contributed by atoms with van der Waals surface area (Å²) in [6, 6.07) is 16.6. The van der Waals surface area contributed by atoms with Crippen molar-refractivity contribution in [3.63, 3.8) is 0 Å². The zero-order chi connectivity index (χ0) is 17.0. The van der Waals surface area contributed by atoms with Crippen molar-refractivity contribution in [3.05, 3.63) is 70.2 Å². The SMILES string of the molecule is Cc1ccccc1C[C@@]1(CO)CCCN(Cc2ccccc2Cl)C1. The van der Waals surface area contributed by atoms with E-state index < -0.39 is 0 Å². The van der Waals surface area contributed by atoms with Gasteiger partial charge in [-0.15, -0.1) is 0 Å². The second kappa shape index (κ2) is 7.69. The van der Waals surface area contributed by atoms with E-state index in [-0.39, 0.29) is 12.0 Å². The number of aliphatic hydroxyl groups excluding tert-OH is 1. The van der Waals surface area contributed by atoms with Crippen LogP contribution < -0.4 is 0 Å². The van der Waals surface area contributed by atoms with Gasteiger partial charge in [-0.05, 0) is 55.5 Å². The van der Waals surface area contributed by atoms with Crippen LogP contribution in [0.25, 0.3) is 0 Å². The maximum Gasteiger partial charge on any atom is 0.0502 e. The molecule has 0 unspecified atom stereocenters. The molecule has 128 valence electrons. The highest BCUT2D eigenvalue weighted by atomic mass is 35.5. The van der Waals surface area contributed by atoms with Crippen LogP contribution in [0.1, 0.15) is 29.5 Å². The predicted octanol–water partition coefficient (Wildman–Crippen LogP) is 4.47. The lowest BCUT2D eigenvalue weighted by atomic mass is 9.75. The lowest BCUT2D eigenvalue weighted by molar-refractivity contribution is 0.0288. The fourth-order valence-electron chi connectivity index (χ4n) is 3.85. The molecule has 0 amide bonds. The first-order valence-corrected chi connectivity index (χ1v) is 9.11. The number of halogens is 1. The molecule has 1 atom stereocenters. The standard InChI is InChI=1S/C21H26ClNO/c1-17-7-2-3-8-18(17)13-21(16-24)11-6-12-23(15-21)14-19-9-4-5-10-20(19)22/h2-5,7-10,24H,6,11-16H2,1H3/t21-/m0/s1. The number of hydrogen-bond acceptors (Lipinski definition) is 2. The van der Waals surface area contributed by atoms with Gasteiger partial charge in [-0.2, -0.15) is 0 Å². The Labute approximate surface area is 150 Å². The Morgan fingerprint density at radius 1 is 1.08 bits per heavy atom. The normalized spacial score (nSPS) is 21.8. The van der Waals surface area contributed by atoms with Crippen LogP contribution >= 0.6 is 11.6 Å². The van der Waals surface area contributed by atoms with Crippen molar-refractivity contribution in [1.82, 2.24) is 4.90 Å². The summed E-state index contributed by atoms with van der Waals surface area (Å²) in [6.07, 6.45) is 3.14. The molecule has 1 fully saturated rings. The summed E-state index contributed by atoms with van der Waals surface area (Å²) in [5.41, 5.74) is 3.79. The maximum atomic E-state index is 10.2. The number of aliphatic hydroxyl groups is 1. The van der Waals surface area contributed by atoms with Crippen molar-refractivity contribution in [3.8, 4) is 0 Å². The molecule has 0 radical (unpaired) electrons. The van der Waals surface area contributed by atoms with Crippen molar-refractivity contribution in [2.75, 3.05) is 19.7 Å². The first-order chi connectivity index (χ1) is 11.6. The fraction of sp³-hybridized carbons (Fsp3) is 0.429. The molecule has 2 aromatic carbocycles. The zero-order valence-corrected chi connectivity index (χ0v) is 15.1. The Kier molecular flexibility index (Phi) is 5.60. The molecule has 1 saturated heterocycles. The molecule has 24 heavy (non-hydrogen) atoms. The maximum absolute atomic E-state index is 10.2. The molecule has 2 nitrogen and oxygen atoms in total. The number of hydrogen-bond donors (Lipinski definition) is 1. The summed E-state index contributed by atoms with van der Waals surface area (Å²) >= 11 is 6.32. The van der Waals surface area contributed by atoms with Gasteiger partial charge >= 0.3 is 0 Å². The summed E-state index contributed by atoms with van der Waals surface area (Å²) in [5, 5.41) is 11.0. The van der Waals surface area contributed by atoms with Crippen molar-refractivity contribution < 1.29 is 5.11 Å². The molecule has 1 heterocycles. The van der Waals surface area contributed by atoms with Crippen LogP contribution in [0.2, 0.25) is 5.02 Å². The second-order valence-electron chi connectivity index (χ2n) is 7.17. The topological polar surface area (TPSA) is 23.5 Å². The number of nitrogens with zero attached hydrogens (tertiary/aromatic N) is 1. The molecular weight excluding hydrogens is 318 g/mol. The van der Waals surface area contributed by atoms with E-state index in [1.54, 1.807) is 0 Å². The third-order valence-corrected chi connectivity index (χ3v) is 5.62. The Bertz CT molecular complexity index is 687. The average Bonchev–Trinajstić information content (AvgIpc) is 2.59. The van der Waals surface area contributed by atoms with Crippen molar-refractivity contribution in [1.29, 1.82) is 0 Å². The number of rotatable bonds is 5. The van der Waals surface area contributed by atoms with Gasteiger partial charge in [0.2, 0.25) is 0 Å². The number of piperidine rings is 1. The van der Waals surface area contributed by atoms with Crippen molar-refractivity contribution in [2.24, 2.45) is 5.41 Å². The zero-order valence-electron chi connectivity index (χ0n) is 14.3. The average molecular weight is 344 g/mol. The molecule has 0 aromatic heterocycles. The van der Waals surface area contributed by atoms with Gasteiger partial charge in [0.15, 0.2) is 0 Å². The van der Waals surface area contributed by atoms with E-state index >= 15 is 0 Å². The van der Waals surface area contributed by atoms with Gasteiger partial charge in [0.1, 0.15) is 0 Å². The monoisotopic (exact) mass is 343 g/mol. The summed E-state index contributed by atoms with van der Waals surface area (Å²) in [4.78, 5) is 2.44. The van der Waals surface area contributed by atoms with E-state index in [1.165, 1.54) is 16.7 Å². The van der Waals surface area contributed by atoms with E-state index in [0.29, 0.717) is 0 Å². The predicted molar refractivity (Wildman–Crippen MR) is 100 cm³/mol. The first-order valence-electron chi connectivity index (χ1n) is 8.73. The largest absolute Gasteiger partial charge is 0.396 e. The summed E-state index contributed by atoms with van der Waals surface area (Å²) in [5.74, 6) is 0. The van der Waals surface area contributed by atoms with Crippen LogP contribution in [0, 0.1) is 12.3 Å². The Morgan fingerprint density at radius 3 is 2.50 bits per heavy atom. The molecule has 2 aromatic rings. The second-order valence-corrected chi connectivity index (χ2v) is 7.57. The molecule has 0 bridgehead atoms. The van der Waals surface area contributed by atoms with Crippen LogP contribution in [0.5, 0.6) is 0 Å². The van der Waals surface area contributed by atoms with Crippen molar-refractivity contribution in [2.45, 2.75) is 32.7 Å². The number of likely N-dealkylation sites (tertiary alicyclic amines) is 1. The molecule has 0 saturated carbocycles. The Balaban J connectivity index is 1.74. The number of aryl methyl sites for hydroxylation is 1. The van der Waals surface area contributed by atoms with Gasteiger partial charge in [-0.25, -0.2) is 0 Å². The number of benzene rings is 2. The summed E-state index contributed by atoms with van der Waals surface area (Å²) in [6.45, 7) is 5.24. The van der Waals surface area contributed by atoms with Gasteiger partial charge in [-0.1, -0.05) is 54.1 Å². The molecule has 0 spiro atoms. The summed E-state index contributed by atoms with van der Waals surface area (Å²) < 4.78 is 0. The first kappa shape index (κ1) is 17.5. The molecule has 0 aliphatic carbocycles. The van der Waals surface area contributed by atoms with E-state index in [1.807, 2.05) is 18.2 Å². The van der Waals surface area contributed by atoms with Crippen molar-refractivity contribution >= 4 is 11.6 Å². The van der Waals surface area contributed by atoms with Gasteiger partial charge in [-0.3, -0.25) is 4.90 Å². The molecule has 1 aliphatic heterocycles. The van der Waals surface area contributed by atoms with Gasteiger partial charge < -0.3 is 5.11 Å².